The Hall–Kier alpha value is -2.78. The lowest BCUT2D eigenvalue weighted by atomic mass is 9.91. The molecule has 260 valence electrons. The van der Waals surface area contributed by atoms with E-state index < -0.39 is 0 Å². The number of rotatable bonds is 18. The van der Waals surface area contributed by atoms with Gasteiger partial charge in [0.25, 0.3) is 0 Å². The molecule has 6 rings (SSSR count). The number of allylic oxidation sites excluding steroid dienone is 4. The van der Waals surface area contributed by atoms with Crippen molar-refractivity contribution in [3.05, 3.63) is 71.3 Å². The standard InChI is InChI=1S/C41H50N2O2S4/c1-6-10-12-28(8-3)25-44-31-16-14-30(15-17-31)34-20-22-36(46-34)40-38-39(43-49-42-38)41(48-40)37-23-21-35(47-37)33-19-18-32(24-27(33)5)45-26-29(9-4)13-11-7-2/h14-23,27-29H,6-13,24-26H2,1-5H3. The molecule has 4 aromatic rings. The second-order valence-electron chi connectivity index (χ2n) is 13.4. The monoisotopic (exact) mass is 730 g/mol. The number of hydrogen-bond donors (Lipinski definition) is 0. The van der Waals surface area contributed by atoms with E-state index in [-0.39, 0.29) is 0 Å². The predicted molar refractivity (Wildman–Crippen MR) is 216 cm³/mol. The minimum absolute atomic E-state index is 0.422. The number of unbranched alkanes of at least 4 members (excludes halogenated alkanes) is 2. The molecule has 0 saturated carbocycles. The molecule has 0 radical (unpaired) electrons. The molecule has 0 saturated heterocycles. The van der Waals surface area contributed by atoms with Gasteiger partial charge < -0.3 is 9.47 Å². The third-order valence-corrected chi connectivity index (χ3v) is 14.1. The third-order valence-electron chi connectivity index (χ3n) is 9.77. The molecule has 1 aromatic carbocycles. The summed E-state index contributed by atoms with van der Waals surface area (Å²) in [4.78, 5) is 7.51. The van der Waals surface area contributed by atoms with E-state index in [0.717, 1.165) is 42.5 Å². The fourth-order valence-electron chi connectivity index (χ4n) is 6.46. The number of thiophene rings is 3. The van der Waals surface area contributed by atoms with E-state index in [2.05, 4.69) is 95.3 Å². The van der Waals surface area contributed by atoms with Crippen LogP contribution in [0.15, 0.2) is 75.2 Å². The molecule has 49 heavy (non-hydrogen) atoms. The second kappa shape index (κ2) is 17.4. The highest BCUT2D eigenvalue weighted by atomic mass is 32.1. The Morgan fingerprint density at radius 1 is 0.673 bits per heavy atom. The van der Waals surface area contributed by atoms with Crippen LogP contribution >= 0.6 is 34.0 Å². The van der Waals surface area contributed by atoms with Gasteiger partial charge in [-0.05, 0) is 96.3 Å². The molecule has 0 spiro atoms. The van der Waals surface area contributed by atoms with Gasteiger partial charge in [0.05, 0.1) is 40.1 Å². The van der Waals surface area contributed by atoms with E-state index in [1.807, 2.05) is 34.0 Å². The molecule has 1 aliphatic heterocycles. The van der Waals surface area contributed by atoms with Crippen molar-refractivity contribution in [1.29, 1.82) is 0 Å². The molecule has 4 heterocycles. The summed E-state index contributed by atoms with van der Waals surface area (Å²) in [7, 11) is 0. The summed E-state index contributed by atoms with van der Waals surface area (Å²) >= 11 is 6.83. The number of benzene rings is 1. The average molecular weight is 731 g/mol. The molecule has 1 aliphatic carbocycles. The van der Waals surface area contributed by atoms with Crippen LogP contribution < -0.4 is 4.74 Å². The van der Waals surface area contributed by atoms with E-state index in [0.29, 0.717) is 17.8 Å². The zero-order valence-corrected chi connectivity index (χ0v) is 32.9. The van der Waals surface area contributed by atoms with Gasteiger partial charge in [-0.1, -0.05) is 79.2 Å². The minimum Gasteiger partial charge on any atom is -0.498 e. The summed E-state index contributed by atoms with van der Waals surface area (Å²) in [6.07, 6.45) is 15.4. The first kappa shape index (κ1) is 36.0. The largest absolute Gasteiger partial charge is 0.498 e. The van der Waals surface area contributed by atoms with Crippen molar-refractivity contribution in [2.45, 2.75) is 92.4 Å². The first-order chi connectivity index (χ1) is 24.0. The molecule has 0 N–H and O–H groups in total. The molecular formula is C41H50N2O2S4. The molecule has 2 aliphatic rings. The van der Waals surface area contributed by atoms with Crippen LogP contribution in [0.1, 0.15) is 97.3 Å². The van der Waals surface area contributed by atoms with Gasteiger partial charge in [-0.25, -0.2) is 0 Å². The van der Waals surface area contributed by atoms with Crippen molar-refractivity contribution in [2.75, 3.05) is 13.2 Å². The van der Waals surface area contributed by atoms with Crippen molar-refractivity contribution in [3.63, 3.8) is 0 Å². The SMILES string of the molecule is CCCCC(CC)COC1=CC=C(c2ccc(-c3sc(-c4ccc(-c5ccc(OCC(CC)CCCC)cc5)s4)c4c3N=S=N4)s2)C(C)C1. The molecule has 3 aromatic heterocycles. The predicted octanol–water partition coefficient (Wildman–Crippen LogP) is 14.7. The first-order valence-corrected chi connectivity index (χ1v) is 21.4. The summed E-state index contributed by atoms with van der Waals surface area (Å²) in [6, 6.07) is 17.6. The Morgan fingerprint density at radius 3 is 1.84 bits per heavy atom. The summed E-state index contributed by atoms with van der Waals surface area (Å²) < 4.78 is 22.0. The summed E-state index contributed by atoms with van der Waals surface area (Å²) in [5.41, 5.74) is 4.65. The van der Waals surface area contributed by atoms with Gasteiger partial charge in [0.1, 0.15) is 17.1 Å². The lowest BCUT2D eigenvalue weighted by Crippen LogP contribution is -2.12. The molecular weight excluding hydrogens is 681 g/mol. The number of fused-ring (bicyclic) bond motifs is 1. The maximum absolute atomic E-state index is 6.32. The lowest BCUT2D eigenvalue weighted by Gasteiger charge is -2.23. The smallest absolute Gasteiger partial charge is 0.124 e. The second-order valence-corrected chi connectivity index (χ2v) is 17.1. The highest BCUT2D eigenvalue weighted by molar-refractivity contribution is 7.58. The zero-order valence-electron chi connectivity index (χ0n) is 29.6. The number of hydrogen-bond acceptors (Lipinski definition) is 7. The quantitative estimate of drug-likeness (QED) is 0.0901. The van der Waals surface area contributed by atoms with Crippen LogP contribution in [0, 0.1) is 17.8 Å². The van der Waals surface area contributed by atoms with Crippen molar-refractivity contribution >= 4 is 62.3 Å². The van der Waals surface area contributed by atoms with Gasteiger partial charge in [-0.2, -0.15) is 8.73 Å². The molecule has 0 amide bonds. The molecule has 3 atom stereocenters. The van der Waals surface area contributed by atoms with Gasteiger partial charge in [0.15, 0.2) is 0 Å². The van der Waals surface area contributed by atoms with Crippen molar-refractivity contribution < 1.29 is 9.47 Å². The number of nitrogens with zero attached hydrogens (tertiary/aromatic N) is 2. The van der Waals surface area contributed by atoms with Gasteiger partial charge in [0, 0.05) is 25.9 Å². The maximum Gasteiger partial charge on any atom is 0.124 e. The fourth-order valence-corrected chi connectivity index (χ4v) is 10.7. The molecule has 8 heteroatoms. The lowest BCUT2D eigenvalue weighted by molar-refractivity contribution is 0.145. The van der Waals surface area contributed by atoms with Crippen LogP contribution in [-0.4, -0.2) is 13.2 Å². The Morgan fingerprint density at radius 2 is 1.24 bits per heavy atom. The molecule has 4 nitrogen and oxygen atoms in total. The topological polar surface area (TPSA) is 43.2 Å². The van der Waals surface area contributed by atoms with Crippen molar-refractivity contribution in [3.8, 4) is 35.7 Å². The number of ether oxygens (including phenoxy) is 2. The highest BCUT2D eigenvalue weighted by Gasteiger charge is 2.26. The first-order valence-electron chi connectivity index (χ1n) is 18.2. The average Bonchev–Trinajstić information content (AvgIpc) is 3.94. The Balaban J connectivity index is 1.14. The maximum atomic E-state index is 6.32. The molecule has 0 bridgehead atoms. The van der Waals surface area contributed by atoms with Crippen LogP contribution in [-0.2, 0) is 16.1 Å². The van der Waals surface area contributed by atoms with E-state index >= 15 is 0 Å². The van der Waals surface area contributed by atoms with Gasteiger partial charge in [-0.15, -0.1) is 34.0 Å². The van der Waals surface area contributed by atoms with Crippen LogP contribution in [0.2, 0.25) is 0 Å². The van der Waals surface area contributed by atoms with Crippen LogP contribution in [0.4, 0.5) is 11.4 Å². The normalized spacial score (nSPS) is 16.6. The highest BCUT2D eigenvalue weighted by Crippen LogP contribution is 2.56. The van der Waals surface area contributed by atoms with Crippen molar-refractivity contribution in [2.24, 2.45) is 26.5 Å². The van der Waals surface area contributed by atoms with E-state index in [4.69, 9.17) is 18.2 Å². The van der Waals surface area contributed by atoms with E-state index in [9.17, 15) is 0 Å². The van der Waals surface area contributed by atoms with Gasteiger partial charge in [-0.3, -0.25) is 0 Å². The van der Waals surface area contributed by atoms with E-state index in [1.54, 1.807) is 0 Å². The minimum atomic E-state index is 0.422. The Kier molecular flexibility index (Phi) is 12.8. The summed E-state index contributed by atoms with van der Waals surface area (Å²) in [5.74, 6) is 3.79. The van der Waals surface area contributed by atoms with Gasteiger partial charge in [0.2, 0.25) is 0 Å². The van der Waals surface area contributed by atoms with E-state index in [1.165, 1.54) is 103 Å². The molecule has 0 fully saturated rings. The summed E-state index contributed by atoms with van der Waals surface area (Å²) in [5, 5.41) is 0. The zero-order chi connectivity index (χ0) is 34.2. The van der Waals surface area contributed by atoms with Crippen molar-refractivity contribution in [1.82, 2.24) is 0 Å². The van der Waals surface area contributed by atoms with Gasteiger partial charge >= 0.3 is 0 Å². The Labute approximate surface area is 309 Å². The molecule has 3 unspecified atom stereocenters. The Bertz CT molecular complexity index is 1820. The van der Waals surface area contributed by atoms with Crippen LogP contribution in [0.3, 0.4) is 0 Å². The third kappa shape index (κ3) is 8.76. The fraction of sp³-hybridized carbons (Fsp3) is 0.463. The summed E-state index contributed by atoms with van der Waals surface area (Å²) in [6.45, 7) is 13.0. The van der Waals surface area contributed by atoms with Crippen LogP contribution in [0.5, 0.6) is 5.75 Å². The van der Waals surface area contributed by atoms with Crippen LogP contribution in [0.25, 0.3) is 35.5 Å².